The van der Waals surface area contributed by atoms with E-state index in [0.29, 0.717) is 5.69 Å². The first-order valence-electron chi connectivity index (χ1n) is 5.92. The van der Waals surface area contributed by atoms with E-state index in [-0.39, 0.29) is 21.3 Å². The molecule has 8 heteroatoms. The average Bonchev–Trinajstić information content (AvgIpc) is 2.42. The second-order valence-electron chi connectivity index (χ2n) is 4.21. The molecule has 5 nitrogen and oxygen atoms in total. The van der Waals surface area contributed by atoms with Crippen LogP contribution in [0.15, 0.2) is 40.9 Å². The van der Waals surface area contributed by atoms with Crippen LogP contribution in [0.3, 0.4) is 0 Å². The summed E-state index contributed by atoms with van der Waals surface area (Å²) in [7, 11) is 0. The molecule has 2 aromatic rings. The van der Waals surface area contributed by atoms with Gasteiger partial charge in [-0.2, -0.15) is 0 Å². The van der Waals surface area contributed by atoms with Gasteiger partial charge in [-0.1, -0.05) is 45.2 Å². The molecule has 2 aromatic carbocycles. The fourth-order valence-electron chi connectivity index (χ4n) is 1.69. The smallest absolute Gasteiger partial charge is 0.337 e. The minimum Gasteiger partial charge on any atom is -0.478 e. The van der Waals surface area contributed by atoms with Gasteiger partial charge < -0.3 is 15.7 Å². The van der Waals surface area contributed by atoms with E-state index in [1.807, 2.05) is 6.07 Å². The largest absolute Gasteiger partial charge is 0.478 e. The molecule has 0 atom stereocenters. The summed E-state index contributed by atoms with van der Waals surface area (Å²) < 4.78 is 0.805. The van der Waals surface area contributed by atoms with E-state index in [2.05, 4.69) is 26.6 Å². The number of carboxylic acids is 1. The Balaban J connectivity index is 2.20. The number of urea groups is 1. The minimum atomic E-state index is -1.23. The van der Waals surface area contributed by atoms with E-state index in [9.17, 15) is 9.59 Å². The maximum Gasteiger partial charge on any atom is 0.337 e. The molecule has 0 heterocycles. The van der Waals surface area contributed by atoms with Crippen molar-refractivity contribution in [3.8, 4) is 0 Å². The van der Waals surface area contributed by atoms with E-state index >= 15 is 0 Å². The molecular weight excluding hydrogens is 395 g/mol. The summed E-state index contributed by atoms with van der Waals surface area (Å²) in [6.45, 7) is 0. The third-order valence-corrected chi connectivity index (χ3v) is 3.72. The van der Waals surface area contributed by atoms with Crippen molar-refractivity contribution < 1.29 is 14.7 Å². The van der Waals surface area contributed by atoms with Crippen LogP contribution in [0.4, 0.5) is 16.2 Å². The number of amides is 2. The van der Waals surface area contributed by atoms with Crippen LogP contribution in [0.5, 0.6) is 0 Å². The molecule has 0 aliphatic rings. The Morgan fingerprint density at radius 3 is 2.45 bits per heavy atom. The van der Waals surface area contributed by atoms with Gasteiger partial charge in [0, 0.05) is 15.2 Å². The molecule has 0 aromatic heterocycles. The van der Waals surface area contributed by atoms with Crippen molar-refractivity contribution in [3.63, 3.8) is 0 Å². The highest BCUT2D eigenvalue weighted by atomic mass is 79.9. The zero-order valence-electron chi connectivity index (χ0n) is 10.9. The lowest BCUT2D eigenvalue weighted by atomic mass is 10.2. The van der Waals surface area contributed by atoms with Crippen molar-refractivity contribution in [1.29, 1.82) is 0 Å². The van der Waals surface area contributed by atoms with Gasteiger partial charge in [-0.25, -0.2) is 9.59 Å². The lowest BCUT2D eigenvalue weighted by Crippen LogP contribution is -2.20. The Hall–Kier alpha value is -1.76. The molecule has 0 unspecified atom stereocenters. The van der Waals surface area contributed by atoms with Crippen molar-refractivity contribution in [3.05, 3.63) is 56.5 Å². The van der Waals surface area contributed by atoms with Crippen molar-refractivity contribution in [2.45, 2.75) is 0 Å². The first-order valence-corrected chi connectivity index (χ1v) is 7.47. The van der Waals surface area contributed by atoms with E-state index in [1.54, 1.807) is 18.2 Å². The number of rotatable bonds is 3. The highest BCUT2D eigenvalue weighted by Crippen LogP contribution is 2.30. The van der Waals surface area contributed by atoms with Crippen LogP contribution in [0.1, 0.15) is 10.4 Å². The van der Waals surface area contributed by atoms with Crippen molar-refractivity contribution in [2.24, 2.45) is 0 Å². The quantitative estimate of drug-likeness (QED) is 0.667. The van der Waals surface area contributed by atoms with Gasteiger partial charge in [0.1, 0.15) is 0 Å². The SMILES string of the molecule is O=C(Nc1cccc(Br)c1)Nc1cc(Cl)cc(C(=O)O)c1Cl. The highest BCUT2D eigenvalue weighted by molar-refractivity contribution is 9.10. The molecule has 0 radical (unpaired) electrons. The Morgan fingerprint density at radius 2 is 1.82 bits per heavy atom. The van der Waals surface area contributed by atoms with Gasteiger partial charge in [0.15, 0.2) is 0 Å². The zero-order valence-corrected chi connectivity index (χ0v) is 14.0. The van der Waals surface area contributed by atoms with Crippen molar-refractivity contribution >= 4 is 62.5 Å². The summed E-state index contributed by atoms with van der Waals surface area (Å²) in [6.07, 6.45) is 0. The lowest BCUT2D eigenvalue weighted by Gasteiger charge is -2.11. The summed E-state index contributed by atoms with van der Waals surface area (Å²) in [6, 6.07) is 9.00. The molecule has 2 amide bonds. The summed E-state index contributed by atoms with van der Waals surface area (Å²) in [4.78, 5) is 23.0. The number of hydrogen-bond acceptors (Lipinski definition) is 2. The van der Waals surface area contributed by atoms with E-state index in [0.717, 1.165) is 4.47 Å². The van der Waals surface area contributed by atoms with Crippen molar-refractivity contribution in [2.75, 3.05) is 10.6 Å². The zero-order chi connectivity index (χ0) is 16.3. The third-order valence-electron chi connectivity index (χ3n) is 2.60. The van der Waals surface area contributed by atoms with Crippen molar-refractivity contribution in [1.82, 2.24) is 0 Å². The number of nitrogens with one attached hydrogen (secondary N) is 2. The maximum atomic E-state index is 12.0. The normalized spacial score (nSPS) is 10.1. The number of halogens is 3. The number of benzene rings is 2. The molecule has 0 aliphatic heterocycles. The molecule has 0 saturated heterocycles. The van der Waals surface area contributed by atoms with Crippen LogP contribution in [0.25, 0.3) is 0 Å². The van der Waals surface area contributed by atoms with Crippen LogP contribution in [0, 0.1) is 0 Å². The Labute approximate surface area is 144 Å². The summed E-state index contributed by atoms with van der Waals surface area (Å²) in [5.41, 5.74) is 0.481. The van der Waals surface area contributed by atoms with Gasteiger partial charge in [0.05, 0.1) is 16.3 Å². The predicted molar refractivity (Wildman–Crippen MR) is 90.2 cm³/mol. The summed E-state index contributed by atoms with van der Waals surface area (Å²) >= 11 is 15.1. The number of hydrogen-bond donors (Lipinski definition) is 3. The van der Waals surface area contributed by atoms with Gasteiger partial charge >= 0.3 is 12.0 Å². The second kappa shape index (κ2) is 7.00. The topological polar surface area (TPSA) is 78.4 Å². The molecule has 0 bridgehead atoms. The molecule has 0 spiro atoms. The number of carboxylic acid groups (broad SMARTS) is 1. The van der Waals surface area contributed by atoms with E-state index in [4.69, 9.17) is 28.3 Å². The van der Waals surface area contributed by atoms with Gasteiger partial charge in [-0.3, -0.25) is 0 Å². The molecule has 0 fully saturated rings. The van der Waals surface area contributed by atoms with Gasteiger partial charge in [0.2, 0.25) is 0 Å². The third kappa shape index (κ3) is 4.13. The standard InChI is InChI=1S/C14H9BrCl2N2O3/c15-7-2-1-3-9(4-7)18-14(22)19-11-6-8(16)5-10(12(11)17)13(20)21/h1-6H,(H,20,21)(H2,18,19,22). The van der Waals surface area contributed by atoms with Gasteiger partial charge in [-0.15, -0.1) is 0 Å². The molecule has 3 N–H and O–H groups in total. The first-order chi connectivity index (χ1) is 10.4. The Morgan fingerprint density at radius 1 is 1.09 bits per heavy atom. The predicted octanol–water partition coefficient (Wildman–Crippen LogP) is 5.10. The summed E-state index contributed by atoms with van der Waals surface area (Å²) in [5.74, 6) is -1.23. The lowest BCUT2D eigenvalue weighted by molar-refractivity contribution is 0.0697. The van der Waals surface area contributed by atoms with Gasteiger partial charge in [-0.05, 0) is 30.3 Å². The van der Waals surface area contributed by atoms with E-state index in [1.165, 1.54) is 12.1 Å². The highest BCUT2D eigenvalue weighted by Gasteiger charge is 2.16. The number of carbonyl (C=O) groups excluding carboxylic acids is 1. The van der Waals surface area contributed by atoms with Crippen LogP contribution in [-0.2, 0) is 0 Å². The molecule has 2 rings (SSSR count). The van der Waals surface area contributed by atoms with E-state index < -0.39 is 12.0 Å². The van der Waals surface area contributed by atoms with Crippen LogP contribution in [-0.4, -0.2) is 17.1 Å². The Kier molecular flexibility index (Phi) is 5.28. The maximum absolute atomic E-state index is 12.0. The Bertz CT molecular complexity index is 753. The molecule has 0 aliphatic carbocycles. The van der Waals surface area contributed by atoms with Crippen LogP contribution >= 0.6 is 39.1 Å². The molecule has 22 heavy (non-hydrogen) atoms. The monoisotopic (exact) mass is 402 g/mol. The second-order valence-corrected chi connectivity index (χ2v) is 5.94. The molecule has 0 saturated carbocycles. The van der Waals surface area contributed by atoms with Crippen LogP contribution in [0.2, 0.25) is 10.0 Å². The molecule has 114 valence electrons. The summed E-state index contributed by atoms with van der Waals surface area (Å²) in [5, 5.41) is 14.2. The van der Waals surface area contributed by atoms with Crippen LogP contribution < -0.4 is 10.6 Å². The van der Waals surface area contributed by atoms with Gasteiger partial charge in [0.25, 0.3) is 0 Å². The number of aromatic carboxylic acids is 1. The fourth-order valence-corrected chi connectivity index (χ4v) is 2.54. The minimum absolute atomic E-state index is 0.0960. The molecular formula is C14H9BrCl2N2O3. The average molecular weight is 404 g/mol. The number of carbonyl (C=O) groups is 2. The number of anilines is 2. The first kappa shape index (κ1) is 16.6. The fraction of sp³-hybridized carbons (Fsp3) is 0.